The van der Waals surface area contributed by atoms with E-state index in [1.54, 1.807) is 17.2 Å². The number of amides is 2. The number of pyridine rings is 1. The lowest BCUT2D eigenvalue weighted by molar-refractivity contribution is -0.00815. The Morgan fingerprint density at radius 2 is 1.91 bits per heavy atom. The summed E-state index contributed by atoms with van der Waals surface area (Å²) in [5.41, 5.74) is 2.31. The molecule has 2 amide bonds. The Balaban J connectivity index is 1.39. The minimum atomic E-state index is -3.03. The van der Waals surface area contributed by atoms with Gasteiger partial charge in [0.2, 0.25) is 0 Å². The number of nitrogens with zero attached hydrogens (tertiary/aromatic N) is 3. The largest absolute Gasteiger partial charge is 0.389 e. The van der Waals surface area contributed by atoms with Crippen LogP contribution in [0.4, 0.5) is 25.0 Å². The van der Waals surface area contributed by atoms with Crippen LogP contribution in [0.15, 0.2) is 36.5 Å². The summed E-state index contributed by atoms with van der Waals surface area (Å²) in [4.78, 5) is 20.6. The van der Waals surface area contributed by atoms with Gasteiger partial charge in [0.25, 0.3) is 5.92 Å². The highest BCUT2D eigenvalue weighted by Crippen LogP contribution is 2.37. The van der Waals surface area contributed by atoms with Crippen molar-refractivity contribution in [3.8, 4) is 0 Å². The number of alkyl halides is 2. The maximum absolute atomic E-state index is 13.9. The molecule has 2 atom stereocenters. The summed E-state index contributed by atoms with van der Waals surface area (Å²) < 4.78 is 27.9. The number of carbonyl (C=O) groups is 1. The highest BCUT2D eigenvalue weighted by molar-refractivity contribution is 6.32. The Bertz CT molecular complexity index is 1140. The fourth-order valence-corrected chi connectivity index (χ4v) is 4.77. The van der Waals surface area contributed by atoms with Crippen molar-refractivity contribution in [2.24, 2.45) is 0 Å². The number of aliphatic hydroxyl groups excluding tert-OH is 2. The lowest BCUT2D eigenvalue weighted by atomic mass is 10.0. The lowest BCUT2D eigenvalue weighted by Gasteiger charge is -2.27. The van der Waals surface area contributed by atoms with E-state index in [2.05, 4.69) is 10.3 Å². The number of hydrogen-bond acceptors (Lipinski definition) is 5. The van der Waals surface area contributed by atoms with Gasteiger partial charge in [-0.2, -0.15) is 0 Å². The van der Waals surface area contributed by atoms with Crippen LogP contribution < -0.4 is 10.2 Å². The number of nitrogens with one attached hydrogen (secondary N) is 1. The third-order valence-corrected chi connectivity index (χ3v) is 6.91. The van der Waals surface area contributed by atoms with Gasteiger partial charge in [0.1, 0.15) is 0 Å². The van der Waals surface area contributed by atoms with Gasteiger partial charge in [0, 0.05) is 43.9 Å². The van der Waals surface area contributed by atoms with E-state index < -0.39 is 18.1 Å². The van der Waals surface area contributed by atoms with Crippen molar-refractivity contribution >= 4 is 46.2 Å². The zero-order chi connectivity index (χ0) is 25.3. The number of halogens is 4. The first kappa shape index (κ1) is 25.6. The zero-order valence-electron chi connectivity index (χ0n) is 19.0. The first-order chi connectivity index (χ1) is 16.6. The number of benzene rings is 1. The number of β-amino-alcohol motifs (C(OH)–C–C–N with tert-alkyl or cyclic N) is 2. The Hall–Kier alpha value is -2.46. The second kappa shape index (κ2) is 10.3. The van der Waals surface area contributed by atoms with E-state index in [0.717, 1.165) is 5.57 Å². The number of hydrogen-bond donors (Lipinski definition) is 3. The average molecular weight is 527 g/mol. The molecule has 0 aliphatic carbocycles. The Morgan fingerprint density at radius 1 is 1.20 bits per heavy atom. The molecule has 1 aromatic carbocycles. The maximum Gasteiger partial charge on any atom is 0.322 e. The zero-order valence-corrected chi connectivity index (χ0v) is 20.5. The first-order valence-corrected chi connectivity index (χ1v) is 12.0. The predicted molar refractivity (Wildman–Crippen MR) is 132 cm³/mol. The maximum atomic E-state index is 13.9. The van der Waals surface area contributed by atoms with Gasteiger partial charge >= 0.3 is 6.03 Å². The van der Waals surface area contributed by atoms with Crippen LogP contribution in [0, 0.1) is 0 Å². The van der Waals surface area contributed by atoms with Gasteiger partial charge in [-0.15, -0.1) is 0 Å². The molecule has 2 unspecified atom stereocenters. The molecule has 1 aromatic heterocycles. The minimum absolute atomic E-state index is 0.0995. The number of urea groups is 1. The summed E-state index contributed by atoms with van der Waals surface area (Å²) in [6.07, 6.45) is 2.08. The molecule has 1 fully saturated rings. The molecule has 3 N–H and O–H groups in total. The molecular formula is C24H26Cl2F2N4O3. The fraction of sp³-hybridized carbons (Fsp3) is 0.417. The van der Waals surface area contributed by atoms with Crippen LogP contribution in [-0.4, -0.2) is 64.5 Å². The molecule has 0 saturated carbocycles. The van der Waals surface area contributed by atoms with Gasteiger partial charge in [-0.1, -0.05) is 36.2 Å². The van der Waals surface area contributed by atoms with E-state index in [4.69, 9.17) is 23.2 Å². The van der Waals surface area contributed by atoms with Crippen LogP contribution in [0.2, 0.25) is 10.0 Å². The molecule has 4 rings (SSSR count). The van der Waals surface area contributed by atoms with E-state index in [1.807, 2.05) is 11.0 Å². The highest BCUT2D eigenvalue weighted by Gasteiger charge is 2.32. The second-order valence-corrected chi connectivity index (χ2v) is 9.49. The van der Waals surface area contributed by atoms with E-state index in [1.165, 1.54) is 25.1 Å². The molecular weight excluding hydrogens is 501 g/mol. The monoisotopic (exact) mass is 526 g/mol. The van der Waals surface area contributed by atoms with Crippen molar-refractivity contribution in [2.45, 2.75) is 37.9 Å². The van der Waals surface area contributed by atoms with Crippen LogP contribution in [0.25, 0.3) is 5.57 Å². The van der Waals surface area contributed by atoms with Gasteiger partial charge in [0.15, 0.2) is 0 Å². The molecule has 3 heterocycles. The summed E-state index contributed by atoms with van der Waals surface area (Å²) >= 11 is 12.5. The van der Waals surface area contributed by atoms with Gasteiger partial charge in [-0.05, 0) is 36.3 Å². The number of aromatic nitrogens is 1. The molecule has 2 aliphatic rings. The van der Waals surface area contributed by atoms with E-state index in [9.17, 15) is 23.8 Å². The number of rotatable bonds is 5. The van der Waals surface area contributed by atoms with E-state index >= 15 is 0 Å². The van der Waals surface area contributed by atoms with Crippen molar-refractivity contribution in [1.29, 1.82) is 0 Å². The smallest absolute Gasteiger partial charge is 0.322 e. The normalized spacial score (nSPS) is 20.7. The topological polar surface area (TPSA) is 88.9 Å². The van der Waals surface area contributed by atoms with Crippen molar-refractivity contribution < 1.29 is 23.8 Å². The molecule has 0 radical (unpaired) electrons. The SMILES string of the molecule is CCC(F)(F)c1ccc(NC(=O)N2CC=C(c3ncc(N4CC(O)C(O)C4)cc3Cl)CC2)cc1Cl. The Morgan fingerprint density at radius 3 is 2.49 bits per heavy atom. The highest BCUT2D eigenvalue weighted by atomic mass is 35.5. The summed E-state index contributed by atoms with van der Waals surface area (Å²) in [5.74, 6) is -3.03. The van der Waals surface area contributed by atoms with Gasteiger partial charge in [0.05, 0.1) is 39.8 Å². The van der Waals surface area contributed by atoms with Crippen molar-refractivity contribution in [3.63, 3.8) is 0 Å². The molecule has 11 heteroatoms. The molecule has 2 aromatic rings. The number of aliphatic hydroxyl groups is 2. The second-order valence-electron chi connectivity index (χ2n) is 8.67. The Labute approximate surface area is 212 Å². The number of carbonyl (C=O) groups excluding carboxylic acids is 1. The molecule has 35 heavy (non-hydrogen) atoms. The van der Waals surface area contributed by atoms with Gasteiger partial charge in [-0.25, -0.2) is 13.6 Å². The van der Waals surface area contributed by atoms with Crippen molar-refractivity contribution in [3.05, 3.63) is 57.8 Å². The summed E-state index contributed by atoms with van der Waals surface area (Å²) in [6, 6.07) is 5.36. The molecule has 2 aliphatic heterocycles. The predicted octanol–water partition coefficient (Wildman–Crippen LogP) is 4.75. The molecule has 7 nitrogen and oxygen atoms in total. The van der Waals surface area contributed by atoms with Crippen LogP contribution in [-0.2, 0) is 5.92 Å². The summed E-state index contributed by atoms with van der Waals surface area (Å²) in [6.45, 7) is 2.73. The number of anilines is 2. The molecule has 188 valence electrons. The molecule has 0 spiro atoms. The van der Waals surface area contributed by atoms with Gasteiger partial charge in [-0.3, -0.25) is 4.98 Å². The fourth-order valence-electron chi connectivity index (χ4n) is 4.17. The summed E-state index contributed by atoms with van der Waals surface area (Å²) in [5, 5.41) is 22.6. The quantitative estimate of drug-likeness (QED) is 0.522. The van der Waals surface area contributed by atoms with Crippen LogP contribution in [0.3, 0.4) is 0 Å². The van der Waals surface area contributed by atoms with E-state index in [0.29, 0.717) is 54.7 Å². The minimum Gasteiger partial charge on any atom is -0.389 e. The third kappa shape index (κ3) is 5.53. The first-order valence-electron chi connectivity index (χ1n) is 11.3. The van der Waals surface area contributed by atoms with Crippen molar-refractivity contribution in [1.82, 2.24) is 9.88 Å². The average Bonchev–Trinajstić information content (AvgIpc) is 3.17. The van der Waals surface area contributed by atoms with Crippen molar-refractivity contribution in [2.75, 3.05) is 36.4 Å². The standard InChI is InChI=1S/C24H26Cl2F2N4O3/c1-2-24(27,28)17-4-3-15(9-18(17)25)30-23(35)31-7-5-14(6-8-31)22-19(26)10-16(11-29-22)32-12-20(33)21(34)13-32/h3-5,9-11,20-21,33-34H,2,6-8,12-13H2,1H3,(H,30,35). The molecule has 1 saturated heterocycles. The molecule has 0 bridgehead atoms. The van der Waals surface area contributed by atoms with Crippen LogP contribution >= 0.6 is 23.2 Å². The van der Waals surface area contributed by atoms with Crippen LogP contribution in [0.5, 0.6) is 0 Å². The van der Waals surface area contributed by atoms with Gasteiger partial charge < -0.3 is 25.3 Å². The Kier molecular flexibility index (Phi) is 7.51. The van der Waals surface area contributed by atoms with Crippen LogP contribution in [0.1, 0.15) is 31.0 Å². The summed E-state index contributed by atoms with van der Waals surface area (Å²) in [7, 11) is 0. The third-order valence-electron chi connectivity index (χ3n) is 6.31. The lowest BCUT2D eigenvalue weighted by Crippen LogP contribution is -2.38. The van der Waals surface area contributed by atoms with E-state index in [-0.39, 0.29) is 23.0 Å².